The standard InChI is InChI=1S/C20H22N2O3/c1-15-5-4-8-19(24)22(15)10-9-18(23)21-12-20(13-21)11-16-6-2-3-7-17(16)25-14-20/h2-8H,9-14H2,1H3. The van der Waals surface area contributed by atoms with Crippen LogP contribution in [0.15, 0.2) is 47.3 Å². The van der Waals surface area contributed by atoms with Crippen LogP contribution in [0.2, 0.25) is 0 Å². The third-order valence-corrected chi connectivity index (χ3v) is 5.29. The van der Waals surface area contributed by atoms with Crippen LogP contribution < -0.4 is 10.3 Å². The van der Waals surface area contributed by atoms with Crippen molar-refractivity contribution in [2.24, 2.45) is 5.41 Å². The Bertz CT molecular complexity index is 865. The summed E-state index contributed by atoms with van der Waals surface area (Å²) in [6, 6.07) is 13.3. The first-order valence-electron chi connectivity index (χ1n) is 8.71. The number of nitrogens with zero attached hydrogens (tertiary/aromatic N) is 2. The summed E-state index contributed by atoms with van der Waals surface area (Å²) in [6.45, 7) is 4.48. The minimum atomic E-state index is -0.0508. The maximum atomic E-state index is 12.5. The molecule has 0 radical (unpaired) electrons. The summed E-state index contributed by atoms with van der Waals surface area (Å²) in [5.74, 6) is 1.08. The lowest BCUT2D eigenvalue weighted by Crippen LogP contribution is -2.62. The number of pyridine rings is 1. The Kier molecular flexibility index (Phi) is 3.86. The zero-order valence-electron chi connectivity index (χ0n) is 14.4. The van der Waals surface area contributed by atoms with Crippen molar-refractivity contribution in [2.75, 3.05) is 19.7 Å². The van der Waals surface area contributed by atoms with Crippen LogP contribution in [0.25, 0.3) is 0 Å². The van der Waals surface area contributed by atoms with Crippen LogP contribution in [0.4, 0.5) is 0 Å². The lowest BCUT2D eigenvalue weighted by atomic mass is 9.74. The third-order valence-electron chi connectivity index (χ3n) is 5.29. The number of likely N-dealkylation sites (tertiary alicyclic amines) is 1. The van der Waals surface area contributed by atoms with Crippen LogP contribution in [-0.4, -0.2) is 35.1 Å². The molecule has 1 amide bonds. The van der Waals surface area contributed by atoms with E-state index in [1.165, 1.54) is 11.6 Å². The van der Waals surface area contributed by atoms with Crippen LogP contribution in [-0.2, 0) is 17.8 Å². The monoisotopic (exact) mass is 338 g/mol. The number of hydrogen-bond acceptors (Lipinski definition) is 3. The molecule has 1 aromatic heterocycles. The van der Waals surface area contributed by atoms with Crippen molar-refractivity contribution < 1.29 is 9.53 Å². The maximum absolute atomic E-state index is 12.5. The van der Waals surface area contributed by atoms with E-state index < -0.39 is 0 Å². The van der Waals surface area contributed by atoms with E-state index >= 15 is 0 Å². The van der Waals surface area contributed by atoms with Crippen LogP contribution in [0.5, 0.6) is 5.75 Å². The van der Waals surface area contributed by atoms with Gasteiger partial charge in [0.05, 0.1) is 6.61 Å². The summed E-state index contributed by atoms with van der Waals surface area (Å²) in [6.07, 6.45) is 1.32. The molecule has 0 atom stereocenters. The first kappa shape index (κ1) is 15.9. The number of hydrogen-bond donors (Lipinski definition) is 0. The van der Waals surface area contributed by atoms with Gasteiger partial charge in [-0.05, 0) is 31.0 Å². The second kappa shape index (κ2) is 6.06. The Morgan fingerprint density at radius 2 is 1.96 bits per heavy atom. The van der Waals surface area contributed by atoms with Gasteiger partial charge in [-0.1, -0.05) is 24.3 Å². The molecule has 1 saturated heterocycles. The predicted octanol–water partition coefficient (Wildman–Crippen LogP) is 2.01. The molecular formula is C20H22N2O3. The van der Waals surface area contributed by atoms with Gasteiger partial charge >= 0.3 is 0 Å². The van der Waals surface area contributed by atoms with Crippen molar-refractivity contribution in [3.63, 3.8) is 0 Å². The number of ether oxygens (including phenoxy) is 1. The molecule has 3 heterocycles. The van der Waals surface area contributed by atoms with Gasteiger partial charge in [-0.3, -0.25) is 9.59 Å². The zero-order valence-corrected chi connectivity index (χ0v) is 14.4. The number of benzene rings is 1. The van der Waals surface area contributed by atoms with Gasteiger partial charge in [-0.25, -0.2) is 0 Å². The Hall–Kier alpha value is -2.56. The van der Waals surface area contributed by atoms with Crippen molar-refractivity contribution in [2.45, 2.75) is 26.3 Å². The van der Waals surface area contributed by atoms with Gasteiger partial charge in [-0.15, -0.1) is 0 Å². The highest BCUT2D eigenvalue weighted by molar-refractivity contribution is 5.77. The fourth-order valence-corrected chi connectivity index (χ4v) is 3.90. The first-order valence-corrected chi connectivity index (χ1v) is 8.71. The van der Waals surface area contributed by atoms with E-state index in [1.807, 2.05) is 36.1 Å². The molecule has 0 aliphatic carbocycles. The van der Waals surface area contributed by atoms with E-state index in [-0.39, 0.29) is 16.9 Å². The smallest absolute Gasteiger partial charge is 0.250 e. The molecule has 0 saturated carbocycles. The summed E-state index contributed by atoms with van der Waals surface area (Å²) in [5.41, 5.74) is 2.12. The molecule has 0 N–H and O–H groups in total. The maximum Gasteiger partial charge on any atom is 0.250 e. The molecule has 0 unspecified atom stereocenters. The molecule has 4 rings (SSSR count). The highest BCUT2D eigenvalue weighted by atomic mass is 16.5. The molecule has 2 aliphatic rings. The van der Waals surface area contributed by atoms with Crippen LogP contribution >= 0.6 is 0 Å². The third kappa shape index (κ3) is 2.95. The Labute approximate surface area is 146 Å². The quantitative estimate of drug-likeness (QED) is 0.860. The van der Waals surface area contributed by atoms with Crippen molar-refractivity contribution in [3.8, 4) is 5.75 Å². The predicted molar refractivity (Wildman–Crippen MR) is 94.7 cm³/mol. The first-order chi connectivity index (χ1) is 12.1. The second-order valence-electron chi connectivity index (χ2n) is 7.23. The van der Waals surface area contributed by atoms with E-state index in [9.17, 15) is 9.59 Å². The lowest BCUT2D eigenvalue weighted by molar-refractivity contribution is -0.146. The van der Waals surface area contributed by atoms with E-state index in [4.69, 9.17) is 4.74 Å². The Balaban J connectivity index is 1.35. The molecule has 1 fully saturated rings. The highest BCUT2D eigenvalue weighted by Gasteiger charge is 2.47. The summed E-state index contributed by atoms with van der Waals surface area (Å²) in [4.78, 5) is 26.2. The van der Waals surface area contributed by atoms with Crippen molar-refractivity contribution >= 4 is 5.91 Å². The minimum absolute atomic E-state index is 0.0508. The van der Waals surface area contributed by atoms with Gasteiger partial charge in [0.15, 0.2) is 0 Å². The lowest BCUT2D eigenvalue weighted by Gasteiger charge is -2.52. The van der Waals surface area contributed by atoms with E-state index in [0.29, 0.717) is 19.6 Å². The Morgan fingerprint density at radius 3 is 2.76 bits per heavy atom. The topological polar surface area (TPSA) is 51.5 Å². The summed E-state index contributed by atoms with van der Waals surface area (Å²) in [5, 5.41) is 0. The van der Waals surface area contributed by atoms with Crippen molar-refractivity contribution in [3.05, 3.63) is 64.1 Å². The summed E-state index contributed by atoms with van der Waals surface area (Å²) < 4.78 is 7.55. The number of aromatic nitrogens is 1. The average Bonchev–Trinajstić information content (AvgIpc) is 2.58. The molecule has 1 spiro atoms. The number of para-hydroxylation sites is 1. The van der Waals surface area contributed by atoms with Crippen LogP contribution in [0, 0.1) is 12.3 Å². The van der Waals surface area contributed by atoms with Gasteiger partial charge in [0.1, 0.15) is 5.75 Å². The minimum Gasteiger partial charge on any atom is -0.493 e. The molecule has 25 heavy (non-hydrogen) atoms. The number of amides is 1. The normalized spacial score (nSPS) is 17.6. The van der Waals surface area contributed by atoms with Gasteiger partial charge < -0.3 is 14.2 Å². The molecule has 5 nitrogen and oxygen atoms in total. The van der Waals surface area contributed by atoms with Crippen molar-refractivity contribution in [1.29, 1.82) is 0 Å². The number of aryl methyl sites for hydroxylation is 1. The summed E-state index contributed by atoms with van der Waals surface area (Å²) >= 11 is 0. The van der Waals surface area contributed by atoms with E-state index in [0.717, 1.165) is 31.0 Å². The van der Waals surface area contributed by atoms with Crippen LogP contribution in [0.3, 0.4) is 0 Å². The van der Waals surface area contributed by atoms with Gasteiger partial charge in [-0.2, -0.15) is 0 Å². The van der Waals surface area contributed by atoms with E-state index in [2.05, 4.69) is 6.07 Å². The molecule has 2 aromatic rings. The van der Waals surface area contributed by atoms with Crippen molar-refractivity contribution in [1.82, 2.24) is 9.47 Å². The SMILES string of the molecule is Cc1cccc(=O)n1CCC(=O)N1CC2(COc3ccccc3C2)C1. The fraction of sp³-hybridized carbons (Fsp3) is 0.400. The summed E-state index contributed by atoms with van der Waals surface area (Å²) in [7, 11) is 0. The molecule has 0 bridgehead atoms. The largest absolute Gasteiger partial charge is 0.493 e. The molecule has 1 aromatic carbocycles. The number of carbonyl (C=O) groups excluding carboxylic acids is 1. The molecule has 2 aliphatic heterocycles. The average molecular weight is 338 g/mol. The fourth-order valence-electron chi connectivity index (χ4n) is 3.90. The van der Waals surface area contributed by atoms with Crippen LogP contribution in [0.1, 0.15) is 17.7 Å². The molecule has 5 heteroatoms. The highest BCUT2D eigenvalue weighted by Crippen LogP contribution is 2.41. The Morgan fingerprint density at radius 1 is 1.16 bits per heavy atom. The number of rotatable bonds is 3. The molecular weight excluding hydrogens is 316 g/mol. The van der Waals surface area contributed by atoms with Gasteiger partial charge in [0.25, 0.3) is 5.56 Å². The zero-order chi connectivity index (χ0) is 17.4. The number of fused-ring (bicyclic) bond motifs is 1. The van der Waals surface area contributed by atoms with Gasteiger partial charge in [0.2, 0.25) is 5.91 Å². The van der Waals surface area contributed by atoms with Gasteiger partial charge in [0, 0.05) is 43.2 Å². The van der Waals surface area contributed by atoms with E-state index in [1.54, 1.807) is 10.6 Å². The second-order valence-corrected chi connectivity index (χ2v) is 7.23. The number of carbonyl (C=O) groups is 1. The molecule has 130 valence electrons.